The molecule has 0 unspecified atom stereocenters. The lowest BCUT2D eigenvalue weighted by molar-refractivity contribution is -0.122. The lowest BCUT2D eigenvalue weighted by atomic mass is 10.1. The highest BCUT2D eigenvalue weighted by atomic mass is 32.2. The summed E-state index contributed by atoms with van der Waals surface area (Å²) in [6.45, 7) is 7.06. The van der Waals surface area contributed by atoms with Crippen LogP contribution in [0, 0.1) is 6.92 Å². The molecule has 0 bridgehead atoms. The summed E-state index contributed by atoms with van der Waals surface area (Å²) in [5.74, 6) is 0.293. The normalized spacial score (nSPS) is 17.8. The summed E-state index contributed by atoms with van der Waals surface area (Å²) in [7, 11) is 0. The molecular weight excluding hydrogens is 506 g/mol. The highest BCUT2D eigenvalue weighted by Gasteiger charge is 2.32. The van der Waals surface area contributed by atoms with Crippen molar-refractivity contribution in [3.63, 3.8) is 0 Å². The number of amides is 1. The van der Waals surface area contributed by atoms with Crippen molar-refractivity contribution in [1.29, 1.82) is 0 Å². The molecule has 1 amide bonds. The molecule has 10 heteroatoms. The van der Waals surface area contributed by atoms with Crippen LogP contribution < -0.4 is 10.9 Å². The van der Waals surface area contributed by atoms with E-state index in [0.29, 0.717) is 45.8 Å². The fourth-order valence-corrected chi connectivity index (χ4v) is 5.73. The van der Waals surface area contributed by atoms with Gasteiger partial charge in [-0.2, -0.15) is 0 Å². The molecule has 2 saturated heterocycles. The van der Waals surface area contributed by atoms with Crippen molar-refractivity contribution >= 4 is 51.7 Å². The minimum absolute atomic E-state index is 0.182. The number of aromatic nitrogens is 2. The Labute approximate surface area is 225 Å². The molecule has 0 spiro atoms. The lowest BCUT2D eigenvalue weighted by Crippen LogP contribution is -2.39. The molecule has 0 saturated carbocycles. The first-order valence-electron chi connectivity index (χ1n) is 12.4. The molecule has 37 heavy (non-hydrogen) atoms. The number of carbonyl (C=O) groups is 1. The molecule has 2 aromatic heterocycles. The Morgan fingerprint density at radius 1 is 1.11 bits per heavy atom. The van der Waals surface area contributed by atoms with Crippen LogP contribution in [0.1, 0.15) is 16.7 Å². The molecule has 0 atom stereocenters. The zero-order valence-electron chi connectivity index (χ0n) is 20.7. The number of pyridine rings is 1. The third-order valence-corrected chi connectivity index (χ3v) is 7.90. The zero-order chi connectivity index (χ0) is 25.8. The number of morpholine rings is 1. The number of carbonyl (C=O) groups excluding carboxylic acids is 1. The average molecular weight is 536 g/mol. The van der Waals surface area contributed by atoms with Crippen molar-refractivity contribution in [2.45, 2.75) is 13.3 Å². The van der Waals surface area contributed by atoms with Crippen molar-refractivity contribution < 1.29 is 9.53 Å². The highest BCUT2D eigenvalue weighted by molar-refractivity contribution is 8.26. The number of rotatable bonds is 8. The number of hydrogen-bond donors (Lipinski definition) is 1. The first kappa shape index (κ1) is 25.6. The molecule has 1 aromatic carbocycles. The van der Waals surface area contributed by atoms with Crippen molar-refractivity contribution in [3.05, 3.63) is 80.6 Å². The van der Waals surface area contributed by atoms with E-state index in [-0.39, 0.29) is 11.5 Å². The largest absolute Gasteiger partial charge is 0.379 e. The fourth-order valence-electron chi connectivity index (χ4n) is 4.44. The van der Waals surface area contributed by atoms with E-state index in [1.165, 1.54) is 16.2 Å². The second-order valence-corrected chi connectivity index (χ2v) is 10.7. The van der Waals surface area contributed by atoms with Crippen LogP contribution in [-0.2, 0) is 16.0 Å². The molecule has 0 aliphatic carbocycles. The van der Waals surface area contributed by atoms with Gasteiger partial charge in [-0.15, -0.1) is 0 Å². The topological polar surface area (TPSA) is 79.2 Å². The van der Waals surface area contributed by atoms with E-state index in [2.05, 4.69) is 10.2 Å². The van der Waals surface area contributed by atoms with Gasteiger partial charge in [-0.25, -0.2) is 4.98 Å². The van der Waals surface area contributed by atoms with Gasteiger partial charge < -0.3 is 10.1 Å². The molecule has 5 rings (SSSR count). The van der Waals surface area contributed by atoms with Crippen molar-refractivity contribution in [2.75, 3.05) is 51.3 Å². The number of fused-ring (bicyclic) bond motifs is 1. The van der Waals surface area contributed by atoms with E-state index < -0.39 is 0 Å². The summed E-state index contributed by atoms with van der Waals surface area (Å²) >= 11 is 6.75. The van der Waals surface area contributed by atoms with Crippen molar-refractivity contribution in [1.82, 2.24) is 19.2 Å². The Morgan fingerprint density at radius 2 is 1.89 bits per heavy atom. The van der Waals surface area contributed by atoms with E-state index in [4.69, 9.17) is 21.9 Å². The Morgan fingerprint density at radius 3 is 2.68 bits per heavy atom. The molecule has 2 fully saturated rings. The van der Waals surface area contributed by atoms with Crippen molar-refractivity contribution in [3.8, 4) is 0 Å². The maximum atomic E-state index is 13.6. The Kier molecular flexibility index (Phi) is 7.99. The average Bonchev–Trinajstić information content (AvgIpc) is 3.18. The number of benzene rings is 1. The monoisotopic (exact) mass is 535 g/mol. The molecule has 192 valence electrons. The predicted octanol–water partition coefficient (Wildman–Crippen LogP) is 3.19. The standard InChI is InChI=1S/C27H29N5O3S2/c1-19-6-5-11-31-24(19)29-23(28-10-13-30-14-16-35-17-15-30)21(25(31)33)18-22-26(34)32(27(36)37-22)12-9-20-7-3-2-4-8-20/h2-8,11,18,28H,9-10,12-17H2,1H3. The lowest BCUT2D eigenvalue weighted by Gasteiger charge is -2.26. The van der Waals surface area contributed by atoms with Gasteiger partial charge in [0.15, 0.2) is 0 Å². The SMILES string of the molecule is Cc1cccn2c(=O)c(C=C3SC(=S)N(CCc4ccccc4)C3=O)c(NCCN3CCOCC3)nc12. The van der Waals surface area contributed by atoms with E-state index in [1.807, 2.05) is 49.4 Å². The van der Waals surface area contributed by atoms with E-state index in [1.54, 1.807) is 17.2 Å². The summed E-state index contributed by atoms with van der Waals surface area (Å²) in [6.07, 6.45) is 4.05. The van der Waals surface area contributed by atoms with E-state index >= 15 is 0 Å². The minimum Gasteiger partial charge on any atom is -0.379 e. The van der Waals surface area contributed by atoms with Crippen molar-refractivity contribution in [2.24, 2.45) is 0 Å². The van der Waals surface area contributed by atoms with Crippen LogP contribution in [0.2, 0.25) is 0 Å². The third-order valence-electron chi connectivity index (χ3n) is 6.52. The van der Waals surface area contributed by atoms with Crippen LogP contribution in [0.5, 0.6) is 0 Å². The summed E-state index contributed by atoms with van der Waals surface area (Å²) < 4.78 is 7.46. The Hall–Kier alpha value is -3.05. The predicted molar refractivity (Wildman–Crippen MR) is 152 cm³/mol. The number of nitrogens with zero attached hydrogens (tertiary/aromatic N) is 4. The molecule has 4 heterocycles. The molecule has 2 aliphatic rings. The van der Waals surface area contributed by atoms with Gasteiger partial charge in [0.05, 0.1) is 23.7 Å². The van der Waals surface area contributed by atoms with Gasteiger partial charge in [-0.05, 0) is 36.6 Å². The van der Waals surface area contributed by atoms with Gasteiger partial charge in [-0.1, -0.05) is 60.4 Å². The highest BCUT2D eigenvalue weighted by Crippen LogP contribution is 2.33. The van der Waals surface area contributed by atoms with Gasteiger partial charge in [0.2, 0.25) is 0 Å². The van der Waals surface area contributed by atoms with Gasteiger partial charge in [0, 0.05) is 38.9 Å². The number of thiocarbonyl (C=S) groups is 1. The van der Waals surface area contributed by atoms with Crippen LogP contribution in [0.15, 0.2) is 58.4 Å². The third kappa shape index (κ3) is 5.77. The summed E-state index contributed by atoms with van der Waals surface area (Å²) in [5, 5.41) is 3.36. The zero-order valence-corrected chi connectivity index (χ0v) is 22.3. The van der Waals surface area contributed by atoms with E-state index in [0.717, 1.165) is 44.0 Å². The maximum absolute atomic E-state index is 13.6. The number of nitrogens with one attached hydrogen (secondary N) is 1. The first-order valence-corrected chi connectivity index (χ1v) is 13.6. The summed E-state index contributed by atoms with van der Waals surface area (Å²) in [6, 6.07) is 13.7. The minimum atomic E-state index is -0.225. The number of hydrogen-bond acceptors (Lipinski definition) is 8. The number of thioether (sulfide) groups is 1. The smallest absolute Gasteiger partial charge is 0.267 e. The second kappa shape index (κ2) is 11.6. The molecule has 8 nitrogen and oxygen atoms in total. The molecule has 2 aliphatic heterocycles. The van der Waals surface area contributed by atoms with Gasteiger partial charge in [-0.3, -0.25) is 23.8 Å². The summed E-state index contributed by atoms with van der Waals surface area (Å²) in [5.41, 5.74) is 2.76. The maximum Gasteiger partial charge on any atom is 0.267 e. The van der Waals surface area contributed by atoms with Gasteiger partial charge in [0.25, 0.3) is 11.5 Å². The summed E-state index contributed by atoms with van der Waals surface area (Å²) in [4.78, 5) is 36.0. The molecular formula is C27H29N5O3S2. The van der Waals surface area contributed by atoms with Crippen LogP contribution in [0.4, 0.5) is 5.82 Å². The van der Waals surface area contributed by atoms with Gasteiger partial charge >= 0.3 is 0 Å². The Balaban J connectivity index is 1.42. The van der Waals surface area contributed by atoms with Crippen LogP contribution in [0.25, 0.3) is 11.7 Å². The van der Waals surface area contributed by atoms with Crippen LogP contribution >= 0.6 is 24.0 Å². The molecule has 1 N–H and O–H groups in total. The number of ether oxygens (including phenoxy) is 1. The van der Waals surface area contributed by atoms with Crippen LogP contribution in [-0.4, -0.2) is 75.3 Å². The van der Waals surface area contributed by atoms with Gasteiger partial charge in [0.1, 0.15) is 15.8 Å². The number of anilines is 1. The van der Waals surface area contributed by atoms with E-state index in [9.17, 15) is 9.59 Å². The molecule has 0 radical (unpaired) electrons. The fraction of sp³-hybridized carbons (Fsp3) is 0.333. The first-order chi connectivity index (χ1) is 18.0. The Bertz CT molecular complexity index is 1400. The second-order valence-electron chi connectivity index (χ2n) is 9.01. The number of aryl methyl sites for hydroxylation is 1. The quantitative estimate of drug-likeness (QED) is 0.348. The molecule has 3 aromatic rings. The van der Waals surface area contributed by atoms with Crippen LogP contribution in [0.3, 0.4) is 0 Å².